The lowest BCUT2D eigenvalue weighted by Crippen LogP contribution is -1.91. The predicted octanol–water partition coefficient (Wildman–Crippen LogP) is 2.85. The SMILES string of the molecule is N#Cc1nc(C2CC2)n2cc(Br)ccc12. The van der Waals surface area contributed by atoms with E-state index in [1.54, 1.807) is 0 Å². The molecule has 1 aliphatic carbocycles. The standard InChI is InChI=1S/C11H8BrN3/c12-8-3-4-10-9(5-13)14-11(7-1-2-7)15(10)6-8/h3-4,6-7H,1-2H2. The molecule has 0 saturated heterocycles. The van der Waals surface area contributed by atoms with E-state index >= 15 is 0 Å². The molecule has 0 aliphatic heterocycles. The molecule has 0 radical (unpaired) electrons. The van der Waals surface area contributed by atoms with Gasteiger partial charge in [0.1, 0.15) is 11.9 Å². The molecule has 2 aromatic heterocycles. The molecule has 0 unspecified atom stereocenters. The predicted molar refractivity (Wildman–Crippen MR) is 59.6 cm³/mol. The van der Waals surface area contributed by atoms with Crippen molar-refractivity contribution in [3.05, 3.63) is 34.3 Å². The van der Waals surface area contributed by atoms with Crippen molar-refractivity contribution < 1.29 is 0 Å². The summed E-state index contributed by atoms with van der Waals surface area (Å²) in [5.41, 5.74) is 1.44. The first-order valence-corrected chi connectivity index (χ1v) is 5.66. The summed E-state index contributed by atoms with van der Waals surface area (Å²) in [6.45, 7) is 0. The van der Waals surface area contributed by atoms with Crippen LogP contribution in [0.5, 0.6) is 0 Å². The van der Waals surface area contributed by atoms with E-state index in [1.165, 1.54) is 12.8 Å². The molecular formula is C11H8BrN3. The van der Waals surface area contributed by atoms with Gasteiger partial charge in [-0.25, -0.2) is 4.98 Å². The Morgan fingerprint density at radius 1 is 1.47 bits per heavy atom. The van der Waals surface area contributed by atoms with E-state index in [0.717, 1.165) is 15.8 Å². The zero-order chi connectivity index (χ0) is 10.4. The molecule has 3 rings (SSSR count). The zero-order valence-corrected chi connectivity index (χ0v) is 9.53. The molecule has 0 amide bonds. The van der Waals surface area contributed by atoms with Crippen LogP contribution >= 0.6 is 15.9 Å². The summed E-state index contributed by atoms with van der Waals surface area (Å²) in [6, 6.07) is 6.02. The Kier molecular flexibility index (Phi) is 1.83. The number of hydrogen-bond acceptors (Lipinski definition) is 2. The molecular weight excluding hydrogens is 254 g/mol. The summed E-state index contributed by atoms with van der Waals surface area (Å²) >= 11 is 3.44. The molecule has 2 aromatic rings. The average Bonchev–Trinajstić information content (AvgIpc) is 3.00. The largest absolute Gasteiger partial charge is 0.301 e. The van der Waals surface area contributed by atoms with Crippen LogP contribution in [0.1, 0.15) is 30.3 Å². The van der Waals surface area contributed by atoms with Crippen molar-refractivity contribution >= 4 is 21.4 Å². The van der Waals surface area contributed by atoms with E-state index in [1.807, 2.05) is 22.7 Å². The number of aromatic nitrogens is 2. The summed E-state index contributed by atoms with van der Waals surface area (Å²) in [5.74, 6) is 1.58. The van der Waals surface area contributed by atoms with Crippen molar-refractivity contribution in [1.29, 1.82) is 5.26 Å². The summed E-state index contributed by atoms with van der Waals surface area (Å²) in [4.78, 5) is 4.39. The Morgan fingerprint density at radius 3 is 2.93 bits per heavy atom. The third kappa shape index (κ3) is 1.35. The third-order valence-corrected chi connectivity index (χ3v) is 3.15. The van der Waals surface area contributed by atoms with Crippen molar-refractivity contribution in [2.45, 2.75) is 18.8 Å². The molecule has 0 atom stereocenters. The number of nitrogens with zero attached hydrogens (tertiary/aromatic N) is 3. The van der Waals surface area contributed by atoms with Gasteiger partial charge in [-0.15, -0.1) is 0 Å². The molecule has 4 heteroatoms. The van der Waals surface area contributed by atoms with Gasteiger partial charge in [0.15, 0.2) is 5.69 Å². The van der Waals surface area contributed by atoms with Gasteiger partial charge in [-0.2, -0.15) is 5.26 Å². The molecule has 0 N–H and O–H groups in total. The van der Waals surface area contributed by atoms with E-state index in [0.29, 0.717) is 11.6 Å². The van der Waals surface area contributed by atoms with Crippen molar-refractivity contribution in [3.63, 3.8) is 0 Å². The molecule has 1 fully saturated rings. The van der Waals surface area contributed by atoms with Crippen LogP contribution < -0.4 is 0 Å². The Labute approximate surface area is 95.5 Å². The maximum Gasteiger partial charge on any atom is 0.166 e. The minimum Gasteiger partial charge on any atom is -0.301 e. The minimum atomic E-state index is 0.532. The highest BCUT2D eigenvalue weighted by Gasteiger charge is 2.29. The first kappa shape index (κ1) is 8.93. The summed E-state index contributed by atoms with van der Waals surface area (Å²) < 4.78 is 3.04. The lowest BCUT2D eigenvalue weighted by Gasteiger charge is -1.98. The number of pyridine rings is 1. The van der Waals surface area contributed by atoms with Gasteiger partial charge in [-0.05, 0) is 40.9 Å². The second kappa shape index (κ2) is 3.07. The Bertz CT molecular complexity index is 575. The molecule has 74 valence electrons. The first-order valence-electron chi connectivity index (χ1n) is 4.87. The minimum absolute atomic E-state index is 0.532. The Morgan fingerprint density at radius 2 is 2.27 bits per heavy atom. The summed E-state index contributed by atoms with van der Waals surface area (Å²) in [6.07, 6.45) is 4.36. The van der Waals surface area contributed by atoms with Gasteiger partial charge in [0, 0.05) is 16.6 Å². The van der Waals surface area contributed by atoms with Gasteiger partial charge < -0.3 is 4.40 Å². The number of imidazole rings is 1. The van der Waals surface area contributed by atoms with Crippen LogP contribution in [0.3, 0.4) is 0 Å². The smallest absolute Gasteiger partial charge is 0.166 e. The van der Waals surface area contributed by atoms with Crippen molar-refractivity contribution in [3.8, 4) is 6.07 Å². The Hall–Kier alpha value is -1.34. The van der Waals surface area contributed by atoms with Gasteiger partial charge in [-0.1, -0.05) is 0 Å². The van der Waals surface area contributed by atoms with Crippen molar-refractivity contribution in [2.75, 3.05) is 0 Å². The van der Waals surface area contributed by atoms with Crippen LogP contribution in [0, 0.1) is 11.3 Å². The molecule has 0 bridgehead atoms. The third-order valence-electron chi connectivity index (χ3n) is 2.68. The molecule has 1 aliphatic rings. The summed E-state index contributed by atoms with van der Waals surface area (Å²) in [7, 11) is 0. The van der Waals surface area contributed by atoms with Gasteiger partial charge in [0.2, 0.25) is 0 Å². The number of hydrogen-bond donors (Lipinski definition) is 0. The fourth-order valence-corrected chi connectivity index (χ4v) is 2.13. The van der Waals surface area contributed by atoms with Crippen LogP contribution in [0.25, 0.3) is 5.52 Å². The maximum atomic E-state index is 8.98. The molecule has 1 saturated carbocycles. The van der Waals surface area contributed by atoms with Gasteiger partial charge in [-0.3, -0.25) is 0 Å². The van der Waals surface area contributed by atoms with Crippen LogP contribution in [-0.2, 0) is 0 Å². The van der Waals surface area contributed by atoms with Gasteiger partial charge >= 0.3 is 0 Å². The zero-order valence-electron chi connectivity index (χ0n) is 7.94. The highest BCUT2D eigenvalue weighted by molar-refractivity contribution is 9.10. The monoisotopic (exact) mass is 261 g/mol. The van der Waals surface area contributed by atoms with E-state index < -0.39 is 0 Å². The normalized spacial score (nSPS) is 15.5. The number of nitriles is 1. The van der Waals surface area contributed by atoms with E-state index in [4.69, 9.17) is 5.26 Å². The van der Waals surface area contributed by atoms with E-state index in [2.05, 4.69) is 27.0 Å². The maximum absolute atomic E-state index is 8.98. The van der Waals surface area contributed by atoms with Crippen molar-refractivity contribution in [1.82, 2.24) is 9.38 Å². The van der Waals surface area contributed by atoms with Gasteiger partial charge in [0.05, 0.1) is 5.52 Å². The molecule has 0 spiro atoms. The van der Waals surface area contributed by atoms with Crippen LogP contribution in [0.15, 0.2) is 22.8 Å². The van der Waals surface area contributed by atoms with E-state index in [-0.39, 0.29) is 0 Å². The molecule has 3 nitrogen and oxygen atoms in total. The number of halogens is 1. The van der Waals surface area contributed by atoms with Crippen LogP contribution in [-0.4, -0.2) is 9.38 Å². The fraction of sp³-hybridized carbons (Fsp3) is 0.273. The molecule has 0 aromatic carbocycles. The highest BCUT2D eigenvalue weighted by Crippen LogP contribution is 2.40. The second-order valence-electron chi connectivity index (χ2n) is 3.81. The first-order chi connectivity index (χ1) is 7.29. The number of rotatable bonds is 1. The lowest BCUT2D eigenvalue weighted by atomic mass is 10.3. The number of fused-ring (bicyclic) bond motifs is 1. The quantitative estimate of drug-likeness (QED) is 0.792. The fourth-order valence-electron chi connectivity index (χ4n) is 1.79. The van der Waals surface area contributed by atoms with Crippen LogP contribution in [0.4, 0.5) is 0 Å². The molecule has 15 heavy (non-hydrogen) atoms. The average molecular weight is 262 g/mol. The van der Waals surface area contributed by atoms with Crippen LogP contribution in [0.2, 0.25) is 0 Å². The van der Waals surface area contributed by atoms with Crippen molar-refractivity contribution in [2.24, 2.45) is 0 Å². The Balaban J connectivity index is 2.35. The lowest BCUT2D eigenvalue weighted by molar-refractivity contribution is 0.917. The van der Waals surface area contributed by atoms with E-state index in [9.17, 15) is 0 Å². The summed E-state index contributed by atoms with van der Waals surface area (Å²) in [5, 5.41) is 8.98. The van der Waals surface area contributed by atoms with Gasteiger partial charge in [0.25, 0.3) is 0 Å². The second-order valence-corrected chi connectivity index (χ2v) is 4.72. The topological polar surface area (TPSA) is 41.1 Å². The molecule has 2 heterocycles. The highest BCUT2D eigenvalue weighted by atomic mass is 79.9.